The van der Waals surface area contributed by atoms with Crippen molar-refractivity contribution in [2.24, 2.45) is 0 Å². The van der Waals surface area contributed by atoms with E-state index in [1.807, 2.05) is 0 Å². The monoisotopic (exact) mass is 196 g/mol. The molecule has 0 saturated carbocycles. The molecule has 1 rings (SSSR count). The molecule has 74 valence electrons. The number of carboxylic acids is 1. The Morgan fingerprint density at radius 2 is 1.93 bits per heavy atom. The third kappa shape index (κ3) is 1.96. The lowest BCUT2D eigenvalue weighted by Gasteiger charge is -2.09. The molecule has 0 aliphatic carbocycles. The van der Waals surface area contributed by atoms with Crippen LogP contribution in [0.3, 0.4) is 0 Å². The highest BCUT2D eigenvalue weighted by atomic mass is 19.1. The first-order valence-corrected chi connectivity index (χ1v) is 4.01. The molecule has 0 fully saturated rings. The number of benzene rings is 1. The van der Waals surface area contributed by atoms with E-state index in [0.717, 1.165) is 13.0 Å². The van der Waals surface area contributed by atoms with Crippen molar-refractivity contribution in [1.82, 2.24) is 0 Å². The zero-order chi connectivity index (χ0) is 10.7. The molecular formula is C10H9FO3. The molecule has 0 bridgehead atoms. The summed E-state index contributed by atoms with van der Waals surface area (Å²) in [5, 5.41) is 8.73. The van der Waals surface area contributed by atoms with E-state index in [-0.39, 0.29) is 5.56 Å². The van der Waals surface area contributed by atoms with E-state index in [9.17, 15) is 14.0 Å². The van der Waals surface area contributed by atoms with Gasteiger partial charge in [-0.2, -0.15) is 0 Å². The minimum atomic E-state index is -1.41. The normalized spacial score (nSPS) is 12.1. The second-order valence-electron chi connectivity index (χ2n) is 2.90. The minimum Gasteiger partial charge on any atom is -0.480 e. The fourth-order valence-corrected chi connectivity index (χ4v) is 1.24. The standard InChI is InChI=1S/C10H9FO3/c1-6(12)9(10(13)14)7-4-2-3-5-8(7)11/h2-5,9H,1H3,(H,13,14). The SMILES string of the molecule is CC(=O)C(C(=O)O)c1ccccc1F. The maximum absolute atomic E-state index is 13.1. The third-order valence-electron chi connectivity index (χ3n) is 1.87. The van der Waals surface area contributed by atoms with Gasteiger partial charge in [0.25, 0.3) is 0 Å². The average molecular weight is 196 g/mol. The molecule has 3 nitrogen and oxygen atoms in total. The van der Waals surface area contributed by atoms with E-state index >= 15 is 0 Å². The number of rotatable bonds is 3. The van der Waals surface area contributed by atoms with Crippen LogP contribution >= 0.6 is 0 Å². The Morgan fingerprint density at radius 3 is 2.36 bits per heavy atom. The average Bonchev–Trinajstić information content (AvgIpc) is 2.07. The molecule has 0 amide bonds. The van der Waals surface area contributed by atoms with Gasteiger partial charge in [0.15, 0.2) is 0 Å². The van der Waals surface area contributed by atoms with Crippen LogP contribution in [-0.2, 0) is 9.59 Å². The van der Waals surface area contributed by atoms with Gasteiger partial charge in [-0.3, -0.25) is 9.59 Å². The summed E-state index contributed by atoms with van der Waals surface area (Å²) >= 11 is 0. The van der Waals surface area contributed by atoms with Gasteiger partial charge < -0.3 is 5.11 Å². The lowest BCUT2D eigenvalue weighted by Crippen LogP contribution is -2.20. The van der Waals surface area contributed by atoms with E-state index in [1.54, 1.807) is 0 Å². The van der Waals surface area contributed by atoms with Crippen molar-refractivity contribution in [2.45, 2.75) is 12.8 Å². The van der Waals surface area contributed by atoms with E-state index in [0.29, 0.717) is 0 Å². The Labute approximate surface area is 80.2 Å². The predicted molar refractivity (Wildman–Crippen MR) is 47.5 cm³/mol. The molecule has 0 aromatic heterocycles. The predicted octanol–water partition coefficient (Wildman–Crippen LogP) is 1.58. The van der Waals surface area contributed by atoms with Gasteiger partial charge in [-0.25, -0.2) is 4.39 Å². The van der Waals surface area contributed by atoms with Gasteiger partial charge in [0, 0.05) is 5.56 Å². The lowest BCUT2D eigenvalue weighted by atomic mass is 9.95. The van der Waals surface area contributed by atoms with Crippen molar-refractivity contribution in [3.05, 3.63) is 35.6 Å². The maximum atomic E-state index is 13.1. The smallest absolute Gasteiger partial charge is 0.318 e. The van der Waals surface area contributed by atoms with Crippen molar-refractivity contribution in [1.29, 1.82) is 0 Å². The van der Waals surface area contributed by atoms with Gasteiger partial charge in [-0.15, -0.1) is 0 Å². The molecule has 1 N–H and O–H groups in total. The molecule has 14 heavy (non-hydrogen) atoms. The fourth-order valence-electron chi connectivity index (χ4n) is 1.24. The summed E-state index contributed by atoms with van der Waals surface area (Å²) in [5.41, 5.74) is -0.0903. The largest absolute Gasteiger partial charge is 0.480 e. The summed E-state index contributed by atoms with van der Waals surface area (Å²) in [7, 11) is 0. The quantitative estimate of drug-likeness (QED) is 0.747. The van der Waals surface area contributed by atoms with Gasteiger partial charge in [0.1, 0.15) is 17.5 Å². The maximum Gasteiger partial charge on any atom is 0.318 e. The topological polar surface area (TPSA) is 54.4 Å². The molecule has 0 radical (unpaired) electrons. The number of Topliss-reactive ketones (excluding diaryl/α,β-unsaturated/α-hetero) is 1. The number of carbonyl (C=O) groups is 2. The Bertz CT molecular complexity index is 359. The van der Waals surface area contributed by atoms with Crippen LogP contribution in [-0.4, -0.2) is 16.9 Å². The molecule has 0 spiro atoms. The van der Waals surface area contributed by atoms with E-state index in [4.69, 9.17) is 5.11 Å². The molecule has 0 aliphatic heterocycles. The van der Waals surface area contributed by atoms with Crippen LogP contribution in [0.4, 0.5) is 4.39 Å². The highest BCUT2D eigenvalue weighted by Gasteiger charge is 2.27. The van der Waals surface area contributed by atoms with Gasteiger partial charge in [-0.05, 0) is 13.0 Å². The number of hydrogen-bond acceptors (Lipinski definition) is 2. The van der Waals surface area contributed by atoms with E-state index in [1.165, 1.54) is 18.2 Å². The zero-order valence-electron chi connectivity index (χ0n) is 7.53. The summed E-state index contributed by atoms with van der Waals surface area (Å²) < 4.78 is 13.1. The first-order valence-electron chi connectivity index (χ1n) is 4.01. The molecule has 0 heterocycles. The highest BCUT2D eigenvalue weighted by molar-refractivity contribution is 6.02. The van der Waals surface area contributed by atoms with Crippen LogP contribution in [0.2, 0.25) is 0 Å². The Kier molecular flexibility index (Phi) is 2.96. The fraction of sp³-hybridized carbons (Fsp3) is 0.200. The number of carbonyl (C=O) groups excluding carboxylic acids is 1. The molecule has 1 unspecified atom stereocenters. The van der Waals surface area contributed by atoms with Crippen LogP contribution in [0.15, 0.2) is 24.3 Å². The Morgan fingerprint density at radius 1 is 1.36 bits per heavy atom. The van der Waals surface area contributed by atoms with Crippen LogP contribution < -0.4 is 0 Å². The van der Waals surface area contributed by atoms with Gasteiger partial charge in [0.05, 0.1) is 0 Å². The third-order valence-corrected chi connectivity index (χ3v) is 1.87. The molecule has 1 aromatic rings. The van der Waals surface area contributed by atoms with Crippen molar-refractivity contribution in [2.75, 3.05) is 0 Å². The van der Waals surface area contributed by atoms with Crippen molar-refractivity contribution < 1.29 is 19.1 Å². The second-order valence-corrected chi connectivity index (χ2v) is 2.90. The number of carboxylic acid groups (broad SMARTS) is 1. The molecule has 4 heteroatoms. The first kappa shape index (κ1) is 10.4. The summed E-state index contributed by atoms with van der Waals surface area (Å²) in [6.45, 7) is 1.13. The molecule has 0 aliphatic rings. The molecule has 1 atom stereocenters. The van der Waals surface area contributed by atoms with Gasteiger partial charge in [-0.1, -0.05) is 18.2 Å². The zero-order valence-corrected chi connectivity index (χ0v) is 7.53. The number of hydrogen-bond donors (Lipinski definition) is 1. The van der Waals surface area contributed by atoms with Crippen LogP contribution in [0.1, 0.15) is 18.4 Å². The first-order chi connectivity index (χ1) is 6.54. The van der Waals surface area contributed by atoms with Crippen LogP contribution in [0.5, 0.6) is 0 Å². The summed E-state index contributed by atoms with van der Waals surface area (Å²) in [6, 6.07) is 5.37. The van der Waals surface area contributed by atoms with Crippen molar-refractivity contribution >= 4 is 11.8 Å². The summed E-state index contributed by atoms with van der Waals surface area (Å²) in [6.07, 6.45) is 0. The highest BCUT2D eigenvalue weighted by Crippen LogP contribution is 2.20. The second kappa shape index (κ2) is 4.00. The number of halogens is 1. The van der Waals surface area contributed by atoms with Gasteiger partial charge >= 0.3 is 5.97 Å². The summed E-state index contributed by atoms with van der Waals surface area (Å²) in [4.78, 5) is 21.7. The van der Waals surface area contributed by atoms with Crippen molar-refractivity contribution in [3.8, 4) is 0 Å². The summed E-state index contributed by atoms with van der Waals surface area (Å²) in [5.74, 6) is -3.99. The molecule has 1 aromatic carbocycles. The number of aliphatic carboxylic acids is 1. The molecule has 0 saturated heterocycles. The Balaban J connectivity index is 3.18. The molecular weight excluding hydrogens is 187 g/mol. The van der Waals surface area contributed by atoms with Crippen LogP contribution in [0, 0.1) is 5.82 Å². The lowest BCUT2D eigenvalue weighted by molar-refractivity contribution is -0.142. The number of ketones is 1. The van der Waals surface area contributed by atoms with Gasteiger partial charge in [0.2, 0.25) is 0 Å². The van der Waals surface area contributed by atoms with E-state index < -0.39 is 23.5 Å². The Hall–Kier alpha value is -1.71. The van der Waals surface area contributed by atoms with Crippen molar-refractivity contribution in [3.63, 3.8) is 0 Å². The van der Waals surface area contributed by atoms with Crippen LogP contribution in [0.25, 0.3) is 0 Å². The van der Waals surface area contributed by atoms with E-state index in [2.05, 4.69) is 0 Å². The minimum absolute atomic E-state index is 0.0903.